The predicted molar refractivity (Wildman–Crippen MR) is 124 cm³/mol. The molecule has 4 rings (SSSR count). The first kappa shape index (κ1) is 22.4. The Morgan fingerprint density at radius 3 is 2.28 bits per heavy atom. The molecule has 1 aliphatic heterocycles. The number of carbonyl (C=O) groups excluding carboxylic acids is 2. The van der Waals surface area contributed by atoms with Gasteiger partial charge in [0.1, 0.15) is 5.76 Å². The van der Waals surface area contributed by atoms with Gasteiger partial charge in [-0.2, -0.15) is 0 Å². The third-order valence-corrected chi connectivity index (χ3v) is 6.60. The van der Waals surface area contributed by atoms with Crippen LogP contribution in [-0.4, -0.2) is 55.5 Å². The van der Waals surface area contributed by atoms with Gasteiger partial charge >= 0.3 is 11.8 Å². The lowest BCUT2D eigenvalue weighted by molar-refractivity contribution is -0.139. The minimum atomic E-state index is -0.561. The van der Waals surface area contributed by atoms with E-state index in [0.717, 1.165) is 57.6 Å². The highest BCUT2D eigenvalue weighted by Crippen LogP contribution is 2.24. The van der Waals surface area contributed by atoms with E-state index in [1.807, 2.05) is 18.2 Å². The zero-order chi connectivity index (χ0) is 22.2. The van der Waals surface area contributed by atoms with Crippen LogP contribution in [0.25, 0.3) is 0 Å². The number of hydrogen-bond acceptors (Lipinski definition) is 5. The zero-order valence-electron chi connectivity index (χ0n) is 18.7. The van der Waals surface area contributed by atoms with Crippen molar-refractivity contribution in [2.75, 3.05) is 37.6 Å². The third kappa shape index (κ3) is 5.91. The molecule has 7 heteroatoms. The lowest BCUT2D eigenvalue weighted by atomic mass is 10.1. The zero-order valence-corrected chi connectivity index (χ0v) is 18.7. The van der Waals surface area contributed by atoms with Crippen molar-refractivity contribution in [3.05, 3.63) is 54.5 Å². The summed E-state index contributed by atoms with van der Waals surface area (Å²) in [5, 5.41) is 5.78. The Morgan fingerprint density at radius 2 is 1.62 bits per heavy atom. The second kappa shape index (κ2) is 11.2. The number of nitrogens with zero attached hydrogens (tertiary/aromatic N) is 2. The second-order valence-electron chi connectivity index (χ2n) is 8.76. The van der Waals surface area contributed by atoms with Crippen molar-refractivity contribution in [3.8, 4) is 0 Å². The number of para-hydroxylation sites is 1. The number of piperazine rings is 1. The first-order valence-electron chi connectivity index (χ1n) is 11.9. The lowest BCUT2D eigenvalue weighted by Gasteiger charge is -2.39. The maximum absolute atomic E-state index is 12.5. The van der Waals surface area contributed by atoms with E-state index in [9.17, 15) is 9.59 Å². The van der Waals surface area contributed by atoms with Gasteiger partial charge < -0.3 is 20.0 Å². The van der Waals surface area contributed by atoms with Crippen LogP contribution in [0.1, 0.15) is 50.3 Å². The second-order valence-corrected chi connectivity index (χ2v) is 8.76. The molecule has 1 saturated carbocycles. The van der Waals surface area contributed by atoms with Crippen LogP contribution in [0.15, 0.2) is 53.1 Å². The number of anilines is 1. The number of benzene rings is 1. The van der Waals surface area contributed by atoms with Gasteiger partial charge in [0.05, 0.1) is 12.3 Å². The molecular weight excluding hydrogens is 404 g/mol. The number of furan rings is 1. The first-order chi connectivity index (χ1) is 15.7. The Bertz CT molecular complexity index is 839. The fraction of sp³-hybridized carbons (Fsp3) is 0.520. The molecule has 32 heavy (non-hydrogen) atoms. The van der Waals surface area contributed by atoms with Crippen molar-refractivity contribution in [1.82, 2.24) is 15.5 Å². The molecule has 1 saturated heterocycles. The highest BCUT2D eigenvalue weighted by atomic mass is 16.3. The minimum Gasteiger partial charge on any atom is -0.468 e. The van der Waals surface area contributed by atoms with Gasteiger partial charge in [-0.05, 0) is 37.1 Å². The quantitative estimate of drug-likeness (QED) is 0.535. The highest BCUT2D eigenvalue weighted by molar-refractivity contribution is 6.35. The Labute approximate surface area is 190 Å². The van der Waals surface area contributed by atoms with Gasteiger partial charge in [0.2, 0.25) is 0 Å². The van der Waals surface area contributed by atoms with Crippen molar-refractivity contribution in [2.24, 2.45) is 0 Å². The van der Waals surface area contributed by atoms with Gasteiger partial charge in [-0.25, -0.2) is 0 Å². The van der Waals surface area contributed by atoms with Gasteiger partial charge in [0.15, 0.2) is 0 Å². The number of nitrogens with one attached hydrogen (secondary N) is 2. The maximum Gasteiger partial charge on any atom is 0.309 e. The molecule has 2 aromatic rings. The SMILES string of the molecule is O=C(NCC(c1ccco1)N1CCN(c2ccccc2)CC1)C(=O)NC1CCCCCC1. The molecule has 7 nitrogen and oxygen atoms in total. The topological polar surface area (TPSA) is 77.8 Å². The smallest absolute Gasteiger partial charge is 0.309 e. The lowest BCUT2D eigenvalue weighted by Crippen LogP contribution is -2.51. The van der Waals surface area contributed by atoms with Crippen molar-refractivity contribution in [2.45, 2.75) is 50.6 Å². The summed E-state index contributed by atoms with van der Waals surface area (Å²) in [5.41, 5.74) is 1.23. The maximum atomic E-state index is 12.5. The van der Waals surface area contributed by atoms with E-state index in [1.165, 1.54) is 18.5 Å². The molecule has 1 unspecified atom stereocenters. The summed E-state index contributed by atoms with van der Waals surface area (Å²) in [7, 11) is 0. The molecule has 2 aliphatic rings. The summed E-state index contributed by atoms with van der Waals surface area (Å²) in [6.07, 6.45) is 8.22. The molecule has 172 valence electrons. The number of hydrogen-bond donors (Lipinski definition) is 2. The van der Waals surface area contributed by atoms with E-state index in [0.29, 0.717) is 6.54 Å². The molecule has 1 atom stereocenters. The largest absolute Gasteiger partial charge is 0.468 e. The number of amides is 2. The van der Waals surface area contributed by atoms with E-state index < -0.39 is 11.8 Å². The fourth-order valence-electron chi connectivity index (χ4n) is 4.77. The minimum absolute atomic E-state index is 0.0995. The molecule has 2 N–H and O–H groups in total. The van der Waals surface area contributed by atoms with Crippen LogP contribution in [0.3, 0.4) is 0 Å². The monoisotopic (exact) mass is 438 g/mol. The van der Waals surface area contributed by atoms with Gasteiger partial charge in [-0.15, -0.1) is 0 Å². The van der Waals surface area contributed by atoms with Gasteiger partial charge in [-0.3, -0.25) is 14.5 Å². The summed E-state index contributed by atoms with van der Waals surface area (Å²) in [6.45, 7) is 3.85. The third-order valence-electron chi connectivity index (χ3n) is 6.60. The Kier molecular flexibility index (Phi) is 7.82. The Balaban J connectivity index is 1.31. The van der Waals surface area contributed by atoms with Gasteiger partial charge in [0.25, 0.3) is 0 Å². The Morgan fingerprint density at radius 1 is 0.906 bits per heavy atom. The average Bonchev–Trinajstić information content (AvgIpc) is 3.24. The molecule has 2 amide bonds. The standard InChI is InChI=1S/C25H34N4O3/c30-24(25(31)27-20-9-4-1-2-5-10-20)26-19-22(23-13-8-18-32-23)29-16-14-28(15-17-29)21-11-6-3-7-12-21/h3,6-8,11-13,18,20,22H,1-2,4-5,9-10,14-17,19H2,(H,26,30)(H,27,31). The molecule has 2 heterocycles. The molecule has 1 aliphatic carbocycles. The predicted octanol–water partition coefficient (Wildman–Crippen LogP) is 3.10. The van der Waals surface area contributed by atoms with Crippen molar-refractivity contribution < 1.29 is 14.0 Å². The summed E-state index contributed by atoms with van der Waals surface area (Å²) < 4.78 is 5.68. The molecule has 0 spiro atoms. The Hall–Kier alpha value is -2.80. The van der Waals surface area contributed by atoms with E-state index >= 15 is 0 Å². The molecule has 1 aromatic heterocycles. The number of rotatable bonds is 6. The molecule has 1 aromatic carbocycles. The van der Waals surface area contributed by atoms with Gasteiger partial charge in [-0.1, -0.05) is 43.9 Å². The highest BCUT2D eigenvalue weighted by Gasteiger charge is 2.28. The van der Waals surface area contributed by atoms with E-state index in [4.69, 9.17) is 4.42 Å². The summed E-state index contributed by atoms with van der Waals surface area (Å²) in [5.74, 6) is -0.277. The fourth-order valence-corrected chi connectivity index (χ4v) is 4.77. The van der Waals surface area contributed by atoms with Crippen LogP contribution in [0, 0.1) is 0 Å². The summed E-state index contributed by atoms with van der Waals surface area (Å²) in [6, 6.07) is 14.2. The normalized spacial score (nSPS) is 19.2. The number of carbonyl (C=O) groups is 2. The van der Waals surface area contributed by atoms with E-state index in [1.54, 1.807) is 6.26 Å². The van der Waals surface area contributed by atoms with Gasteiger partial charge in [0, 0.05) is 44.5 Å². The van der Waals surface area contributed by atoms with Crippen LogP contribution in [-0.2, 0) is 9.59 Å². The van der Waals surface area contributed by atoms with E-state index in [2.05, 4.69) is 44.7 Å². The molecule has 2 fully saturated rings. The van der Waals surface area contributed by atoms with Crippen LogP contribution in [0.4, 0.5) is 5.69 Å². The summed E-state index contributed by atoms with van der Waals surface area (Å²) in [4.78, 5) is 29.6. The van der Waals surface area contributed by atoms with Crippen LogP contribution >= 0.6 is 0 Å². The first-order valence-corrected chi connectivity index (χ1v) is 11.9. The molecule has 0 radical (unpaired) electrons. The summed E-state index contributed by atoms with van der Waals surface area (Å²) >= 11 is 0. The average molecular weight is 439 g/mol. The van der Waals surface area contributed by atoms with Crippen molar-refractivity contribution >= 4 is 17.5 Å². The molecule has 0 bridgehead atoms. The van der Waals surface area contributed by atoms with Crippen molar-refractivity contribution in [1.29, 1.82) is 0 Å². The molecular formula is C25H34N4O3. The van der Waals surface area contributed by atoms with Crippen LogP contribution in [0.5, 0.6) is 0 Å². The van der Waals surface area contributed by atoms with Crippen LogP contribution in [0.2, 0.25) is 0 Å². The van der Waals surface area contributed by atoms with Crippen LogP contribution < -0.4 is 15.5 Å². The van der Waals surface area contributed by atoms with E-state index in [-0.39, 0.29) is 12.1 Å². The van der Waals surface area contributed by atoms with Crippen molar-refractivity contribution in [3.63, 3.8) is 0 Å².